The fourth-order valence-electron chi connectivity index (χ4n) is 6.57. The van der Waals surface area contributed by atoms with E-state index in [0.29, 0.717) is 25.0 Å². The van der Waals surface area contributed by atoms with Crippen LogP contribution in [0, 0.1) is 5.92 Å². The van der Waals surface area contributed by atoms with E-state index in [-0.39, 0.29) is 36.3 Å². The summed E-state index contributed by atoms with van der Waals surface area (Å²) in [5, 5.41) is 23.8. The number of benzene rings is 1. The molecule has 5 rings (SSSR count). The molecule has 1 saturated heterocycles. The maximum atomic E-state index is 13.0. The number of aliphatic carboxylic acids is 1. The third-order valence-electron chi connectivity index (χ3n) is 8.01. The number of aliphatic hydroxyl groups is 1. The van der Waals surface area contributed by atoms with E-state index in [9.17, 15) is 24.6 Å². The lowest BCUT2D eigenvalue weighted by Gasteiger charge is -2.61. The van der Waals surface area contributed by atoms with Crippen LogP contribution >= 0.6 is 0 Å². The summed E-state index contributed by atoms with van der Waals surface area (Å²) in [6.07, 6.45) is 0.348. The number of nitrogens with one attached hydrogen (secondary N) is 1. The molecule has 5 atom stereocenters. The molecule has 0 aromatic heterocycles. The average molecular weight is 459 g/mol. The summed E-state index contributed by atoms with van der Waals surface area (Å²) in [5.74, 6) is -0.661. The highest BCUT2D eigenvalue weighted by Gasteiger charge is 2.72. The lowest BCUT2D eigenvalue weighted by atomic mass is 9.49. The van der Waals surface area contributed by atoms with E-state index in [1.807, 2.05) is 27.0 Å². The minimum Gasteiger partial charge on any atom is -0.480 e. The highest BCUT2D eigenvalue weighted by Crippen LogP contribution is 2.64. The van der Waals surface area contributed by atoms with Crippen LogP contribution in [0.1, 0.15) is 50.7 Å². The minimum atomic E-state index is -1.13. The van der Waals surface area contributed by atoms with Crippen LogP contribution in [-0.2, 0) is 21.4 Å². The van der Waals surface area contributed by atoms with E-state index in [2.05, 4.69) is 10.2 Å². The molecule has 1 aromatic rings. The molecule has 1 saturated carbocycles. The van der Waals surface area contributed by atoms with Crippen molar-refractivity contribution in [3.63, 3.8) is 0 Å². The standard InChI is InChI=1S/C24H30N2O7/c1-12(2)10-14(21(28)29)25-22(30)32-16-5-4-13-11-17-24(31)7-6-15(27)20-23(24,8-9-26(17)3)18(13)19(16)33-20/h4-5,12,14,17,20,31H,6-11H2,1-3H3,(H,25,30)(H,28,29)/t14-,17?,20+,23?,24?/m1/s1. The molecule has 3 N–H and O–H groups in total. The smallest absolute Gasteiger partial charge is 0.413 e. The Morgan fingerprint density at radius 3 is 2.79 bits per heavy atom. The van der Waals surface area contributed by atoms with Gasteiger partial charge in [0, 0.05) is 18.0 Å². The molecular weight excluding hydrogens is 428 g/mol. The van der Waals surface area contributed by atoms with Gasteiger partial charge in [0.25, 0.3) is 0 Å². The number of carbonyl (C=O) groups is 3. The second-order valence-corrected chi connectivity index (χ2v) is 10.3. The normalized spacial score (nSPS) is 32.7. The van der Waals surface area contributed by atoms with E-state index in [1.165, 1.54) is 0 Å². The molecule has 2 aliphatic carbocycles. The molecule has 178 valence electrons. The number of rotatable bonds is 5. The van der Waals surface area contributed by atoms with Crippen molar-refractivity contribution < 1.29 is 34.1 Å². The van der Waals surface area contributed by atoms with Crippen LogP contribution < -0.4 is 14.8 Å². The summed E-state index contributed by atoms with van der Waals surface area (Å²) in [6, 6.07) is 2.30. The van der Waals surface area contributed by atoms with Gasteiger partial charge in [0.2, 0.25) is 0 Å². The van der Waals surface area contributed by atoms with Gasteiger partial charge in [-0.2, -0.15) is 0 Å². The van der Waals surface area contributed by atoms with Crippen molar-refractivity contribution >= 4 is 17.8 Å². The molecule has 9 nitrogen and oxygen atoms in total. The maximum absolute atomic E-state index is 13.0. The highest BCUT2D eigenvalue weighted by molar-refractivity contribution is 5.90. The van der Waals surface area contributed by atoms with Gasteiger partial charge in [-0.1, -0.05) is 19.9 Å². The molecule has 1 aromatic carbocycles. The summed E-state index contributed by atoms with van der Waals surface area (Å²) in [5.41, 5.74) is -0.211. The zero-order chi connectivity index (χ0) is 23.7. The second kappa shape index (κ2) is 7.43. The van der Waals surface area contributed by atoms with E-state index in [0.717, 1.165) is 17.7 Å². The number of likely N-dealkylation sites (N-methyl/N-ethyl adjacent to an activating group) is 1. The Kier molecular flexibility index (Phi) is 4.99. The first-order chi connectivity index (χ1) is 15.6. The number of ketones is 1. The fraction of sp³-hybridized carbons (Fsp3) is 0.625. The lowest BCUT2D eigenvalue weighted by Crippen LogP contribution is -2.76. The van der Waals surface area contributed by atoms with Crippen LogP contribution in [0.4, 0.5) is 4.79 Å². The summed E-state index contributed by atoms with van der Waals surface area (Å²) >= 11 is 0. The van der Waals surface area contributed by atoms with Gasteiger partial charge in [0.15, 0.2) is 23.4 Å². The third-order valence-corrected chi connectivity index (χ3v) is 8.01. The molecule has 2 fully saturated rings. The average Bonchev–Trinajstić information content (AvgIpc) is 3.10. The van der Waals surface area contributed by atoms with Crippen LogP contribution in [0.3, 0.4) is 0 Å². The van der Waals surface area contributed by atoms with E-state index < -0.39 is 35.2 Å². The van der Waals surface area contributed by atoms with E-state index in [4.69, 9.17) is 9.47 Å². The quantitative estimate of drug-likeness (QED) is 0.608. The molecule has 2 aliphatic heterocycles. The zero-order valence-electron chi connectivity index (χ0n) is 19.1. The molecule has 9 heteroatoms. The van der Waals surface area contributed by atoms with Gasteiger partial charge >= 0.3 is 12.1 Å². The largest absolute Gasteiger partial charge is 0.480 e. The van der Waals surface area contributed by atoms with Gasteiger partial charge in [-0.3, -0.25) is 4.79 Å². The van der Waals surface area contributed by atoms with Gasteiger partial charge in [0.05, 0.1) is 11.0 Å². The molecule has 4 aliphatic rings. The molecule has 2 heterocycles. The zero-order valence-corrected chi connectivity index (χ0v) is 19.1. The molecule has 3 unspecified atom stereocenters. The summed E-state index contributed by atoms with van der Waals surface area (Å²) in [7, 11) is 2.00. The Morgan fingerprint density at radius 1 is 1.33 bits per heavy atom. The Hall–Kier alpha value is -2.65. The first-order valence-corrected chi connectivity index (χ1v) is 11.6. The van der Waals surface area contributed by atoms with Crippen molar-refractivity contribution in [2.24, 2.45) is 5.92 Å². The molecule has 2 bridgehead atoms. The van der Waals surface area contributed by atoms with Crippen molar-refractivity contribution in [2.45, 2.75) is 75.2 Å². The number of carbonyl (C=O) groups excluding carboxylic acids is 2. The van der Waals surface area contributed by atoms with Crippen LogP contribution in [0.5, 0.6) is 11.5 Å². The maximum Gasteiger partial charge on any atom is 0.413 e. The summed E-state index contributed by atoms with van der Waals surface area (Å²) < 4.78 is 11.7. The predicted octanol–water partition coefficient (Wildman–Crippen LogP) is 1.63. The van der Waals surface area contributed by atoms with Crippen molar-refractivity contribution in [3.8, 4) is 11.5 Å². The fourth-order valence-corrected chi connectivity index (χ4v) is 6.57. The van der Waals surface area contributed by atoms with Gasteiger partial charge in [-0.25, -0.2) is 9.59 Å². The number of hydrogen-bond acceptors (Lipinski definition) is 7. The monoisotopic (exact) mass is 458 g/mol. The van der Waals surface area contributed by atoms with Crippen molar-refractivity contribution in [1.29, 1.82) is 0 Å². The topological polar surface area (TPSA) is 125 Å². The Morgan fingerprint density at radius 2 is 2.09 bits per heavy atom. The number of piperidine rings is 1. The van der Waals surface area contributed by atoms with Crippen LogP contribution in [0.2, 0.25) is 0 Å². The molecule has 1 amide bonds. The second-order valence-electron chi connectivity index (χ2n) is 10.3. The van der Waals surface area contributed by atoms with Gasteiger partial charge in [-0.15, -0.1) is 0 Å². The molecular formula is C24H30N2O7. The van der Waals surface area contributed by atoms with Gasteiger partial charge in [-0.05, 0) is 56.8 Å². The minimum absolute atomic E-state index is 0.0506. The number of carboxylic acid groups (broad SMARTS) is 1. The molecule has 33 heavy (non-hydrogen) atoms. The number of carboxylic acids is 1. The number of Topliss-reactive ketones (excluding diaryl/α,β-unsaturated/α-hetero) is 1. The van der Waals surface area contributed by atoms with Crippen molar-refractivity contribution in [3.05, 3.63) is 23.3 Å². The molecule has 1 spiro atoms. The number of ether oxygens (including phenoxy) is 2. The summed E-state index contributed by atoms with van der Waals surface area (Å²) in [6.45, 7) is 4.46. The summed E-state index contributed by atoms with van der Waals surface area (Å²) in [4.78, 5) is 39.2. The van der Waals surface area contributed by atoms with Gasteiger partial charge < -0.3 is 29.9 Å². The van der Waals surface area contributed by atoms with Gasteiger partial charge in [0.1, 0.15) is 6.04 Å². The van der Waals surface area contributed by atoms with E-state index >= 15 is 0 Å². The number of hydrogen-bond donors (Lipinski definition) is 3. The number of likely N-dealkylation sites (tertiary alicyclic amines) is 1. The van der Waals surface area contributed by atoms with E-state index in [1.54, 1.807) is 6.07 Å². The predicted molar refractivity (Wildman–Crippen MR) is 117 cm³/mol. The third kappa shape index (κ3) is 3.01. The first-order valence-electron chi connectivity index (χ1n) is 11.6. The SMILES string of the molecule is CC(C)C[C@@H](NC(=O)Oc1ccc2c3c1O[C@H]1C(=O)CCC4(O)C(C2)N(C)CCC314)C(=O)O. The van der Waals surface area contributed by atoms with Crippen LogP contribution in [0.25, 0.3) is 0 Å². The highest BCUT2D eigenvalue weighted by atomic mass is 16.6. The Labute approximate surface area is 192 Å². The van der Waals surface area contributed by atoms with Crippen molar-refractivity contribution in [1.82, 2.24) is 10.2 Å². The Balaban J connectivity index is 1.52. The lowest BCUT2D eigenvalue weighted by molar-refractivity contribution is -0.185. The number of nitrogens with zero attached hydrogens (tertiary/aromatic N) is 1. The van der Waals surface area contributed by atoms with Crippen LogP contribution in [0.15, 0.2) is 12.1 Å². The van der Waals surface area contributed by atoms with Crippen LogP contribution in [-0.4, -0.2) is 70.3 Å². The Bertz CT molecular complexity index is 1040. The first kappa shape index (κ1) is 22.2. The number of amides is 1. The molecule has 0 radical (unpaired) electrons. The van der Waals surface area contributed by atoms with Crippen molar-refractivity contribution in [2.75, 3.05) is 13.6 Å².